The van der Waals surface area contributed by atoms with E-state index in [1.807, 2.05) is 0 Å². The maximum Gasteiger partial charge on any atom is 0.250 e. The fourth-order valence-electron chi connectivity index (χ4n) is 1.93. The van der Waals surface area contributed by atoms with Gasteiger partial charge in [0, 0.05) is 17.8 Å². The van der Waals surface area contributed by atoms with Crippen LogP contribution in [0.1, 0.15) is 39.5 Å². The second-order valence-corrected chi connectivity index (χ2v) is 4.66. The second kappa shape index (κ2) is 3.35. The van der Waals surface area contributed by atoms with E-state index in [0.29, 0.717) is 19.3 Å². The lowest BCUT2D eigenvalue weighted by atomic mass is 9.82. The summed E-state index contributed by atoms with van der Waals surface area (Å²) >= 11 is 0. The molecule has 1 saturated carbocycles. The molecule has 0 N–H and O–H groups in total. The van der Waals surface area contributed by atoms with Gasteiger partial charge in [-0.15, -0.1) is 0 Å². The van der Waals surface area contributed by atoms with Gasteiger partial charge in [0.05, 0.1) is 0 Å². The molecule has 0 heterocycles. The molecule has 1 fully saturated rings. The number of alkyl halides is 2. The Hall–Kier alpha value is -0.470. The summed E-state index contributed by atoms with van der Waals surface area (Å²) in [4.78, 5) is 10.6. The van der Waals surface area contributed by atoms with Crippen molar-refractivity contribution in [1.29, 1.82) is 0 Å². The third kappa shape index (κ3) is 2.48. The van der Waals surface area contributed by atoms with E-state index in [1.165, 1.54) is 0 Å². The standard InChI is InChI=1S/C10H16F2O/c1-9(2,7-13)6-8-4-3-5-10(8,11)12/h7-8H,3-6H2,1-2H3. The highest BCUT2D eigenvalue weighted by Gasteiger charge is 2.45. The van der Waals surface area contributed by atoms with E-state index in [4.69, 9.17) is 0 Å². The molecule has 0 aliphatic heterocycles. The minimum Gasteiger partial charge on any atom is -0.303 e. The molecule has 0 aromatic rings. The highest BCUT2D eigenvalue weighted by atomic mass is 19.3. The van der Waals surface area contributed by atoms with E-state index < -0.39 is 17.3 Å². The first-order valence-corrected chi connectivity index (χ1v) is 4.71. The van der Waals surface area contributed by atoms with Crippen molar-refractivity contribution in [1.82, 2.24) is 0 Å². The van der Waals surface area contributed by atoms with Crippen molar-refractivity contribution < 1.29 is 13.6 Å². The summed E-state index contributed by atoms with van der Waals surface area (Å²) in [7, 11) is 0. The third-order valence-corrected chi connectivity index (χ3v) is 2.75. The second-order valence-electron chi connectivity index (χ2n) is 4.66. The zero-order valence-corrected chi connectivity index (χ0v) is 8.15. The Labute approximate surface area is 77.5 Å². The predicted octanol–water partition coefficient (Wildman–Crippen LogP) is 3.04. The van der Waals surface area contributed by atoms with Crippen LogP contribution < -0.4 is 0 Å². The number of halogens is 2. The minimum atomic E-state index is -2.54. The highest BCUT2D eigenvalue weighted by Crippen LogP contribution is 2.45. The van der Waals surface area contributed by atoms with Gasteiger partial charge in [0.2, 0.25) is 0 Å². The molecule has 0 amide bonds. The maximum atomic E-state index is 13.2. The molecule has 1 aliphatic carbocycles. The van der Waals surface area contributed by atoms with Gasteiger partial charge >= 0.3 is 0 Å². The molecule has 0 bridgehead atoms. The van der Waals surface area contributed by atoms with Gasteiger partial charge in [-0.2, -0.15) is 0 Å². The van der Waals surface area contributed by atoms with Gasteiger partial charge in [0.1, 0.15) is 6.29 Å². The van der Waals surface area contributed by atoms with Crippen LogP contribution in [0.2, 0.25) is 0 Å². The average Bonchev–Trinajstić information content (AvgIpc) is 2.31. The Balaban J connectivity index is 2.59. The van der Waals surface area contributed by atoms with Crippen LogP contribution in [-0.4, -0.2) is 12.2 Å². The minimum absolute atomic E-state index is 0.00734. The summed E-state index contributed by atoms with van der Waals surface area (Å²) < 4.78 is 26.3. The molecule has 0 aromatic heterocycles. The number of carbonyl (C=O) groups is 1. The van der Waals surface area contributed by atoms with Crippen LogP contribution in [-0.2, 0) is 4.79 Å². The smallest absolute Gasteiger partial charge is 0.250 e. The fourth-order valence-corrected chi connectivity index (χ4v) is 1.93. The van der Waals surface area contributed by atoms with Crippen LogP contribution in [0, 0.1) is 11.3 Å². The monoisotopic (exact) mass is 190 g/mol. The molecule has 76 valence electrons. The lowest BCUT2D eigenvalue weighted by Crippen LogP contribution is -2.28. The summed E-state index contributed by atoms with van der Waals surface area (Å²) in [6, 6.07) is 0. The molecule has 1 unspecified atom stereocenters. The highest BCUT2D eigenvalue weighted by molar-refractivity contribution is 5.57. The van der Waals surface area contributed by atoms with Crippen LogP contribution in [0.3, 0.4) is 0 Å². The molecule has 0 radical (unpaired) electrons. The number of hydrogen-bond acceptors (Lipinski definition) is 1. The summed E-state index contributed by atoms with van der Waals surface area (Å²) in [5, 5.41) is 0. The Morgan fingerprint density at radius 1 is 1.54 bits per heavy atom. The molecule has 1 rings (SSSR count). The van der Waals surface area contributed by atoms with Crippen molar-refractivity contribution in [3.8, 4) is 0 Å². The molecule has 1 aliphatic rings. The van der Waals surface area contributed by atoms with Crippen molar-refractivity contribution in [3.05, 3.63) is 0 Å². The number of rotatable bonds is 3. The molecule has 1 atom stereocenters. The lowest BCUT2D eigenvalue weighted by Gasteiger charge is -2.25. The first-order chi connectivity index (χ1) is 5.87. The molecule has 3 heteroatoms. The van der Waals surface area contributed by atoms with Gasteiger partial charge in [0.25, 0.3) is 5.92 Å². The van der Waals surface area contributed by atoms with Gasteiger partial charge in [-0.1, -0.05) is 13.8 Å². The Morgan fingerprint density at radius 2 is 2.15 bits per heavy atom. The van der Waals surface area contributed by atoms with E-state index in [9.17, 15) is 13.6 Å². The fraction of sp³-hybridized carbons (Fsp3) is 0.900. The topological polar surface area (TPSA) is 17.1 Å². The third-order valence-electron chi connectivity index (χ3n) is 2.75. The lowest BCUT2D eigenvalue weighted by molar-refractivity contribution is -0.117. The van der Waals surface area contributed by atoms with Crippen molar-refractivity contribution in [2.75, 3.05) is 0 Å². The van der Waals surface area contributed by atoms with Crippen molar-refractivity contribution >= 4 is 6.29 Å². The van der Waals surface area contributed by atoms with Crippen LogP contribution in [0.25, 0.3) is 0 Å². The van der Waals surface area contributed by atoms with Gasteiger partial charge in [-0.3, -0.25) is 0 Å². The van der Waals surface area contributed by atoms with Crippen LogP contribution in [0.4, 0.5) is 8.78 Å². The average molecular weight is 190 g/mol. The van der Waals surface area contributed by atoms with Gasteiger partial charge < -0.3 is 4.79 Å². The maximum absolute atomic E-state index is 13.2. The van der Waals surface area contributed by atoms with Crippen molar-refractivity contribution in [2.24, 2.45) is 11.3 Å². The van der Waals surface area contributed by atoms with Gasteiger partial charge in [-0.05, 0) is 19.3 Å². The van der Waals surface area contributed by atoms with E-state index >= 15 is 0 Å². The number of carbonyl (C=O) groups excluding carboxylic acids is 1. The van der Waals surface area contributed by atoms with E-state index in [1.54, 1.807) is 13.8 Å². The first kappa shape index (κ1) is 10.6. The Morgan fingerprint density at radius 3 is 2.54 bits per heavy atom. The largest absolute Gasteiger partial charge is 0.303 e. The normalized spacial score (nSPS) is 27.5. The Kier molecular flexibility index (Phi) is 2.74. The van der Waals surface area contributed by atoms with Gasteiger partial charge in [-0.25, -0.2) is 8.78 Å². The number of aldehydes is 1. The van der Waals surface area contributed by atoms with Gasteiger partial charge in [0.15, 0.2) is 0 Å². The van der Waals surface area contributed by atoms with Crippen LogP contribution in [0.5, 0.6) is 0 Å². The van der Waals surface area contributed by atoms with Crippen molar-refractivity contribution in [2.45, 2.75) is 45.5 Å². The molecule has 13 heavy (non-hydrogen) atoms. The zero-order chi connectivity index (χ0) is 10.1. The van der Waals surface area contributed by atoms with Crippen LogP contribution in [0.15, 0.2) is 0 Å². The predicted molar refractivity (Wildman–Crippen MR) is 46.8 cm³/mol. The molecular weight excluding hydrogens is 174 g/mol. The molecule has 0 spiro atoms. The Bertz CT molecular complexity index is 199. The summed E-state index contributed by atoms with van der Waals surface area (Å²) in [5.41, 5.74) is -0.599. The molecule has 0 aromatic carbocycles. The van der Waals surface area contributed by atoms with E-state index in [-0.39, 0.29) is 6.42 Å². The summed E-state index contributed by atoms with van der Waals surface area (Å²) in [5.74, 6) is -3.13. The molecular formula is C10H16F2O. The summed E-state index contributed by atoms with van der Waals surface area (Å²) in [6.45, 7) is 3.43. The quantitative estimate of drug-likeness (QED) is 0.625. The molecule has 1 nitrogen and oxygen atoms in total. The first-order valence-electron chi connectivity index (χ1n) is 4.71. The van der Waals surface area contributed by atoms with E-state index in [0.717, 1.165) is 6.29 Å². The van der Waals surface area contributed by atoms with E-state index in [2.05, 4.69) is 0 Å². The van der Waals surface area contributed by atoms with Crippen LogP contribution >= 0.6 is 0 Å². The zero-order valence-electron chi connectivity index (χ0n) is 8.15. The SMILES string of the molecule is CC(C)(C=O)CC1CCCC1(F)F. The summed E-state index contributed by atoms with van der Waals surface area (Å²) in [6.07, 6.45) is 2.23. The molecule has 0 saturated heterocycles. The van der Waals surface area contributed by atoms with Crippen molar-refractivity contribution in [3.63, 3.8) is 0 Å². The number of hydrogen-bond donors (Lipinski definition) is 0.